The zero-order chi connectivity index (χ0) is 19.9. The number of pyridine rings is 1. The normalized spacial score (nSPS) is 11.1. The Kier molecular flexibility index (Phi) is 7.18. The van der Waals surface area contributed by atoms with Gasteiger partial charge in [-0.3, -0.25) is 4.98 Å². The molecule has 2 amide bonds. The lowest BCUT2D eigenvalue weighted by atomic mass is 10.1. The Balaban J connectivity index is 1.86. The van der Waals surface area contributed by atoms with Gasteiger partial charge in [-0.15, -0.1) is 0 Å². The van der Waals surface area contributed by atoms with Gasteiger partial charge in [0.2, 0.25) is 0 Å². The topological polar surface area (TPSA) is 91.4 Å². The molecular weight excluding hydrogens is 364 g/mol. The number of carbonyl (C=O) groups is 1. The van der Waals surface area contributed by atoms with Crippen LogP contribution in [0.4, 0.5) is 10.5 Å². The molecular formula is C19H26N4O3S. The van der Waals surface area contributed by atoms with Crippen molar-refractivity contribution in [2.24, 2.45) is 0 Å². The number of carbonyl (C=O) groups excluding carboxylic acids is 1. The van der Waals surface area contributed by atoms with Gasteiger partial charge >= 0.3 is 6.03 Å². The molecule has 146 valence electrons. The summed E-state index contributed by atoms with van der Waals surface area (Å²) < 4.78 is 24.3. The predicted octanol–water partition coefficient (Wildman–Crippen LogP) is 1.98. The summed E-state index contributed by atoms with van der Waals surface area (Å²) in [6.07, 6.45) is 2.15. The van der Waals surface area contributed by atoms with Crippen LogP contribution in [0.5, 0.6) is 0 Å². The van der Waals surface area contributed by atoms with E-state index in [0.29, 0.717) is 30.0 Å². The molecule has 0 aliphatic rings. The SMILES string of the molecule is CCS(=O)(=O)c1ccccc1CCNC(=O)NCc1cc(N(C)C)ccn1. The van der Waals surface area contributed by atoms with Gasteiger partial charge < -0.3 is 15.5 Å². The molecule has 0 saturated heterocycles. The fourth-order valence-corrected chi connectivity index (χ4v) is 3.72. The summed E-state index contributed by atoms with van der Waals surface area (Å²) in [5.41, 5.74) is 2.48. The highest BCUT2D eigenvalue weighted by Crippen LogP contribution is 2.17. The number of benzene rings is 1. The van der Waals surface area contributed by atoms with Crippen molar-refractivity contribution in [1.82, 2.24) is 15.6 Å². The predicted molar refractivity (Wildman–Crippen MR) is 107 cm³/mol. The van der Waals surface area contributed by atoms with E-state index in [2.05, 4.69) is 15.6 Å². The number of rotatable bonds is 8. The van der Waals surface area contributed by atoms with Gasteiger partial charge in [-0.1, -0.05) is 25.1 Å². The van der Waals surface area contributed by atoms with Gasteiger partial charge in [-0.25, -0.2) is 13.2 Å². The Hall–Kier alpha value is -2.61. The Morgan fingerprint density at radius 3 is 2.59 bits per heavy atom. The molecule has 2 aromatic rings. The zero-order valence-corrected chi connectivity index (χ0v) is 16.7. The fourth-order valence-electron chi connectivity index (χ4n) is 2.55. The minimum atomic E-state index is -3.28. The van der Waals surface area contributed by atoms with Gasteiger partial charge in [-0.2, -0.15) is 0 Å². The van der Waals surface area contributed by atoms with E-state index in [1.165, 1.54) is 0 Å². The van der Waals surface area contributed by atoms with Crippen molar-refractivity contribution in [1.29, 1.82) is 0 Å². The summed E-state index contributed by atoms with van der Waals surface area (Å²) >= 11 is 0. The summed E-state index contributed by atoms with van der Waals surface area (Å²) in [5.74, 6) is 0.0525. The molecule has 0 bridgehead atoms. The van der Waals surface area contributed by atoms with Crippen molar-refractivity contribution in [2.45, 2.75) is 24.8 Å². The Morgan fingerprint density at radius 2 is 1.89 bits per heavy atom. The van der Waals surface area contributed by atoms with Crippen molar-refractivity contribution in [2.75, 3.05) is 31.3 Å². The van der Waals surface area contributed by atoms with E-state index in [0.717, 1.165) is 11.4 Å². The third-order valence-corrected chi connectivity index (χ3v) is 5.94. The molecule has 0 radical (unpaired) electrons. The summed E-state index contributed by atoms with van der Waals surface area (Å²) in [7, 11) is 0.603. The molecule has 0 fully saturated rings. The van der Waals surface area contributed by atoms with Crippen LogP contribution in [0.1, 0.15) is 18.2 Å². The van der Waals surface area contributed by atoms with Crippen LogP contribution in [-0.2, 0) is 22.8 Å². The highest BCUT2D eigenvalue weighted by atomic mass is 32.2. The van der Waals surface area contributed by atoms with Crippen LogP contribution in [0.15, 0.2) is 47.5 Å². The van der Waals surface area contributed by atoms with E-state index >= 15 is 0 Å². The number of aromatic nitrogens is 1. The van der Waals surface area contributed by atoms with Crippen LogP contribution in [0, 0.1) is 0 Å². The number of amides is 2. The van der Waals surface area contributed by atoms with Crippen LogP contribution < -0.4 is 15.5 Å². The number of urea groups is 1. The molecule has 0 atom stereocenters. The maximum Gasteiger partial charge on any atom is 0.315 e. The molecule has 0 saturated carbocycles. The van der Waals surface area contributed by atoms with E-state index in [-0.39, 0.29) is 11.8 Å². The van der Waals surface area contributed by atoms with Gasteiger partial charge in [0.1, 0.15) is 0 Å². The number of hydrogen-bond acceptors (Lipinski definition) is 5. The molecule has 0 aliphatic heterocycles. The molecule has 1 aromatic carbocycles. The van der Waals surface area contributed by atoms with Crippen molar-refractivity contribution in [3.05, 3.63) is 53.9 Å². The molecule has 2 N–H and O–H groups in total. The fraction of sp³-hybridized carbons (Fsp3) is 0.368. The van der Waals surface area contributed by atoms with Gasteiger partial charge in [0.25, 0.3) is 0 Å². The standard InChI is InChI=1S/C19H26N4O3S/c1-4-27(25,26)18-8-6-5-7-15(18)9-11-21-19(24)22-14-16-13-17(23(2)3)10-12-20-16/h5-8,10,12-13H,4,9,11,14H2,1-3H3,(H2,21,22,24). The van der Waals surface area contributed by atoms with E-state index < -0.39 is 9.84 Å². The van der Waals surface area contributed by atoms with Gasteiger partial charge in [0, 0.05) is 32.5 Å². The first kappa shape index (κ1) is 20.7. The minimum absolute atomic E-state index is 0.0525. The smallest absolute Gasteiger partial charge is 0.315 e. The third kappa shape index (κ3) is 5.96. The van der Waals surface area contributed by atoms with E-state index in [4.69, 9.17) is 0 Å². The Morgan fingerprint density at radius 1 is 1.15 bits per heavy atom. The highest BCUT2D eigenvalue weighted by molar-refractivity contribution is 7.91. The minimum Gasteiger partial charge on any atom is -0.378 e. The summed E-state index contributed by atoms with van der Waals surface area (Å²) in [6, 6.07) is 10.4. The quantitative estimate of drug-likeness (QED) is 0.719. The lowest BCUT2D eigenvalue weighted by Crippen LogP contribution is -2.36. The Bertz CT molecular complexity index is 882. The molecule has 8 heteroatoms. The molecule has 27 heavy (non-hydrogen) atoms. The number of hydrogen-bond donors (Lipinski definition) is 2. The largest absolute Gasteiger partial charge is 0.378 e. The van der Waals surface area contributed by atoms with Crippen LogP contribution in [0.25, 0.3) is 0 Å². The monoisotopic (exact) mass is 390 g/mol. The number of anilines is 1. The summed E-state index contributed by atoms with van der Waals surface area (Å²) in [6.45, 7) is 2.28. The van der Waals surface area contributed by atoms with E-state index in [9.17, 15) is 13.2 Å². The van der Waals surface area contributed by atoms with Crippen LogP contribution in [-0.4, -0.2) is 45.8 Å². The van der Waals surface area contributed by atoms with Gasteiger partial charge in [0.05, 0.1) is 22.9 Å². The number of sulfone groups is 1. The van der Waals surface area contributed by atoms with Crippen molar-refractivity contribution >= 4 is 21.6 Å². The van der Waals surface area contributed by atoms with Crippen LogP contribution in [0.3, 0.4) is 0 Å². The second kappa shape index (κ2) is 9.36. The molecule has 2 rings (SSSR count). The second-order valence-electron chi connectivity index (χ2n) is 6.27. The van der Waals surface area contributed by atoms with Crippen LogP contribution >= 0.6 is 0 Å². The van der Waals surface area contributed by atoms with Gasteiger partial charge in [-0.05, 0) is 30.2 Å². The Labute approximate surface area is 160 Å². The molecule has 0 unspecified atom stereocenters. The second-order valence-corrected chi connectivity index (χ2v) is 8.52. The summed E-state index contributed by atoms with van der Waals surface area (Å²) in [5, 5.41) is 5.51. The maximum absolute atomic E-state index is 12.1. The first-order valence-corrected chi connectivity index (χ1v) is 10.4. The molecule has 1 heterocycles. The van der Waals surface area contributed by atoms with Crippen molar-refractivity contribution in [3.8, 4) is 0 Å². The molecule has 1 aromatic heterocycles. The third-order valence-electron chi connectivity index (χ3n) is 4.11. The van der Waals surface area contributed by atoms with E-state index in [1.54, 1.807) is 37.4 Å². The van der Waals surface area contributed by atoms with Gasteiger partial charge in [0.15, 0.2) is 9.84 Å². The summed E-state index contributed by atoms with van der Waals surface area (Å²) in [4.78, 5) is 18.5. The first-order valence-electron chi connectivity index (χ1n) is 8.78. The average molecular weight is 391 g/mol. The lowest BCUT2D eigenvalue weighted by molar-refractivity contribution is 0.240. The van der Waals surface area contributed by atoms with E-state index in [1.807, 2.05) is 31.1 Å². The number of nitrogens with one attached hydrogen (secondary N) is 2. The van der Waals surface area contributed by atoms with Crippen molar-refractivity contribution < 1.29 is 13.2 Å². The highest BCUT2D eigenvalue weighted by Gasteiger charge is 2.15. The molecule has 0 aliphatic carbocycles. The number of nitrogens with zero attached hydrogens (tertiary/aromatic N) is 2. The maximum atomic E-state index is 12.1. The average Bonchev–Trinajstić information content (AvgIpc) is 2.67. The van der Waals surface area contributed by atoms with Crippen LogP contribution in [0.2, 0.25) is 0 Å². The first-order chi connectivity index (χ1) is 12.8. The molecule has 0 spiro atoms. The van der Waals surface area contributed by atoms with Crippen molar-refractivity contribution in [3.63, 3.8) is 0 Å². The molecule has 7 nitrogen and oxygen atoms in total. The zero-order valence-electron chi connectivity index (χ0n) is 15.9. The lowest BCUT2D eigenvalue weighted by Gasteiger charge is -2.13.